The van der Waals surface area contributed by atoms with Crippen LogP contribution in [0.25, 0.3) is 0 Å². The van der Waals surface area contributed by atoms with E-state index in [1.54, 1.807) is 0 Å². The molecule has 0 spiro atoms. The molecule has 0 amide bonds. The summed E-state index contributed by atoms with van der Waals surface area (Å²) in [7, 11) is 0. The monoisotopic (exact) mass is 266 g/mol. The van der Waals surface area contributed by atoms with Gasteiger partial charge in [0.05, 0.1) is 5.38 Å². The molecule has 0 bridgehead atoms. The summed E-state index contributed by atoms with van der Waals surface area (Å²) >= 11 is 6.64. The molecule has 0 aliphatic carbocycles. The molecule has 1 heteroatoms. The van der Waals surface area contributed by atoms with Crippen molar-refractivity contribution in [3.8, 4) is 0 Å². The molecule has 1 rings (SSSR count). The fourth-order valence-corrected chi connectivity index (χ4v) is 3.09. The number of unbranched alkanes of at least 4 members (excludes halogenated alkanes) is 3. The number of aryl methyl sites for hydroxylation is 2. The zero-order valence-corrected chi connectivity index (χ0v) is 13.3. The van der Waals surface area contributed by atoms with Crippen LogP contribution in [0.3, 0.4) is 0 Å². The maximum Gasteiger partial charge on any atom is 0.0590 e. The molecule has 1 aromatic carbocycles. The Morgan fingerprint density at radius 1 is 0.944 bits per heavy atom. The van der Waals surface area contributed by atoms with E-state index in [0.717, 1.165) is 6.42 Å². The van der Waals surface area contributed by atoms with Crippen LogP contribution < -0.4 is 0 Å². The summed E-state index contributed by atoms with van der Waals surface area (Å²) in [4.78, 5) is 0. The van der Waals surface area contributed by atoms with Crippen molar-refractivity contribution in [1.29, 1.82) is 0 Å². The Balaban J connectivity index is 2.81. The van der Waals surface area contributed by atoms with Crippen LogP contribution in [0.15, 0.2) is 6.07 Å². The molecule has 0 aliphatic rings. The molecule has 18 heavy (non-hydrogen) atoms. The second-order valence-electron chi connectivity index (χ2n) is 5.49. The van der Waals surface area contributed by atoms with E-state index < -0.39 is 0 Å². The van der Waals surface area contributed by atoms with Gasteiger partial charge < -0.3 is 0 Å². The van der Waals surface area contributed by atoms with Crippen LogP contribution in [0.1, 0.15) is 72.2 Å². The number of hydrogen-bond donors (Lipinski definition) is 0. The molecule has 1 aromatic rings. The number of alkyl halides is 1. The molecule has 1 unspecified atom stereocenters. The Bertz CT molecular complexity index is 367. The van der Waals surface area contributed by atoms with Crippen molar-refractivity contribution in [2.75, 3.05) is 0 Å². The lowest BCUT2D eigenvalue weighted by Crippen LogP contribution is -2.02. The van der Waals surface area contributed by atoms with E-state index in [9.17, 15) is 0 Å². The van der Waals surface area contributed by atoms with E-state index in [2.05, 4.69) is 40.7 Å². The molecule has 0 fully saturated rings. The van der Waals surface area contributed by atoms with E-state index in [4.69, 9.17) is 11.6 Å². The van der Waals surface area contributed by atoms with E-state index in [1.807, 2.05) is 0 Å². The van der Waals surface area contributed by atoms with Crippen LogP contribution in [-0.4, -0.2) is 0 Å². The normalized spacial score (nSPS) is 12.8. The maximum absolute atomic E-state index is 6.64. The average Bonchev–Trinajstić information content (AvgIpc) is 2.32. The quantitative estimate of drug-likeness (QED) is 0.427. The summed E-state index contributed by atoms with van der Waals surface area (Å²) in [6.07, 6.45) is 6.27. The molecule has 0 heterocycles. The highest BCUT2D eigenvalue weighted by Crippen LogP contribution is 2.34. The first-order chi connectivity index (χ1) is 8.49. The molecular formula is C17H27Cl. The molecule has 0 aliphatic heterocycles. The first kappa shape index (κ1) is 15.6. The molecule has 0 saturated heterocycles. The highest BCUT2D eigenvalue weighted by atomic mass is 35.5. The van der Waals surface area contributed by atoms with Crippen molar-refractivity contribution in [2.45, 2.75) is 72.1 Å². The van der Waals surface area contributed by atoms with Gasteiger partial charge >= 0.3 is 0 Å². The van der Waals surface area contributed by atoms with Gasteiger partial charge in [-0.3, -0.25) is 0 Å². The van der Waals surface area contributed by atoms with Crippen LogP contribution >= 0.6 is 11.6 Å². The van der Waals surface area contributed by atoms with Crippen molar-refractivity contribution in [1.82, 2.24) is 0 Å². The summed E-state index contributed by atoms with van der Waals surface area (Å²) in [6, 6.07) is 2.27. The largest absolute Gasteiger partial charge is 0.118 e. The molecule has 102 valence electrons. The Labute approximate surface area is 118 Å². The minimum atomic E-state index is 0.181. The molecule has 0 saturated carbocycles. The van der Waals surface area contributed by atoms with E-state index in [-0.39, 0.29) is 5.38 Å². The number of benzene rings is 1. The van der Waals surface area contributed by atoms with Gasteiger partial charge in [-0.25, -0.2) is 0 Å². The minimum Gasteiger partial charge on any atom is -0.118 e. The molecular weight excluding hydrogens is 240 g/mol. The summed E-state index contributed by atoms with van der Waals surface area (Å²) in [5, 5.41) is 0.181. The highest BCUT2D eigenvalue weighted by molar-refractivity contribution is 6.21. The smallest absolute Gasteiger partial charge is 0.0590 e. The van der Waals surface area contributed by atoms with E-state index in [0.29, 0.717) is 0 Å². The predicted molar refractivity (Wildman–Crippen MR) is 82.7 cm³/mol. The van der Waals surface area contributed by atoms with Gasteiger partial charge in [-0.15, -0.1) is 11.6 Å². The SMILES string of the molecule is CCCCCCC(Cl)c1c(C)c(C)cc(C)c1C. The lowest BCUT2D eigenvalue weighted by Gasteiger charge is -2.19. The van der Waals surface area contributed by atoms with E-state index in [1.165, 1.54) is 53.5 Å². The van der Waals surface area contributed by atoms with Gasteiger partial charge in [0, 0.05) is 0 Å². The van der Waals surface area contributed by atoms with Crippen LogP contribution in [-0.2, 0) is 0 Å². The Morgan fingerprint density at radius 3 is 2.00 bits per heavy atom. The van der Waals surface area contributed by atoms with Gasteiger partial charge in [0.25, 0.3) is 0 Å². The third-order valence-electron chi connectivity index (χ3n) is 4.05. The zero-order chi connectivity index (χ0) is 13.7. The molecule has 1 atom stereocenters. The zero-order valence-electron chi connectivity index (χ0n) is 12.6. The summed E-state index contributed by atoms with van der Waals surface area (Å²) in [5.41, 5.74) is 6.88. The molecule has 0 N–H and O–H groups in total. The molecule has 0 aromatic heterocycles. The van der Waals surface area contributed by atoms with Crippen molar-refractivity contribution < 1.29 is 0 Å². The van der Waals surface area contributed by atoms with Crippen LogP contribution in [0.4, 0.5) is 0 Å². The Hall–Kier alpha value is -0.490. The van der Waals surface area contributed by atoms with Crippen molar-refractivity contribution in [3.63, 3.8) is 0 Å². The summed E-state index contributed by atoms with van der Waals surface area (Å²) < 4.78 is 0. The van der Waals surface area contributed by atoms with E-state index >= 15 is 0 Å². The van der Waals surface area contributed by atoms with Gasteiger partial charge in [0.1, 0.15) is 0 Å². The van der Waals surface area contributed by atoms with Crippen molar-refractivity contribution in [2.24, 2.45) is 0 Å². The van der Waals surface area contributed by atoms with Gasteiger partial charge in [0.2, 0.25) is 0 Å². The lowest BCUT2D eigenvalue weighted by atomic mass is 9.90. The fourth-order valence-electron chi connectivity index (χ4n) is 2.61. The lowest BCUT2D eigenvalue weighted by molar-refractivity contribution is 0.622. The highest BCUT2D eigenvalue weighted by Gasteiger charge is 2.16. The minimum absolute atomic E-state index is 0.181. The summed E-state index contributed by atoms with van der Waals surface area (Å²) in [6.45, 7) is 11.0. The topological polar surface area (TPSA) is 0 Å². The molecule has 0 radical (unpaired) electrons. The van der Waals surface area contributed by atoms with Gasteiger partial charge in [-0.2, -0.15) is 0 Å². The van der Waals surface area contributed by atoms with Crippen LogP contribution in [0.2, 0.25) is 0 Å². The Morgan fingerprint density at radius 2 is 1.50 bits per heavy atom. The van der Waals surface area contributed by atoms with Crippen molar-refractivity contribution >= 4 is 11.6 Å². The maximum atomic E-state index is 6.64. The number of rotatable bonds is 6. The average molecular weight is 267 g/mol. The predicted octanol–water partition coefficient (Wildman–Crippen LogP) is 6.17. The molecule has 0 nitrogen and oxygen atoms in total. The first-order valence-electron chi connectivity index (χ1n) is 7.20. The third kappa shape index (κ3) is 3.75. The number of halogens is 1. The van der Waals surface area contributed by atoms with Gasteiger partial charge in [-0.1, -0.05) is 38.7 Å². The fraction of sp³-hybridized carbons (Fsp3) is 0.647. The second kappa shape index (κ2) is 7.19. The van der Waals surface area contributed by atoms with Crippen LogP contribution in [0.5, 0.6) is 0 Å². The van der Waals surface area contributed by atoms with Crippen LogP contribution in [0, 0.1) is 27.7 Å². The summed E-state index contributed by atoms with van der Waals surface area (Å²) in [5.74, 6) is 0. The van der Waals surface area contributed by atoms with Gasteiger partial charge in [0.15, 0.2) is 0 Å². The second-order valence-corrected chi connectivity index (χ2v) is 6.02. The first-order valence-corrected chi connectivity index (χ1v) is 7.64. The van der Waals surface area contributed by atoms with Crippen molar-refractivity contribution in [3.05, 3.63) is 33.9 Å². The third-order valence-corrected chi connectivity index (χ3v) is 4.48. The van der Waals surface area contributed by atoms with Gasteiger partial charge in [-0.05, 0) is 61.9 Å². The Kier molecular flexibility index (Phi) is 6.21. The standard InChI is InChI=1S/C17H27Cl/c1-6-7-8-9-10-16(18)17-14(4)12(2)11-13(3)15(17)5/h11,16H,6-10H2,1-5H3. The number of hydrogen-bond acceptors (Lipinski definition) is 0.